The largest absolute Gasteiger partial charge is 0.331 e. The zero-order valence-corrected chi connectivity index (χ0v) is 16.4. The molecule has 0 bridgehead atoms. The minimum absolute atomic E-state index is 0.0320. The van der Waals surface area contributed by atoms with Crippen LogP contribution >= 0.6 is 11.6 Å². The van der Waals surface area contributed by atoms with Crippen molar-refractivity contribution in [1.82, 2.24) is 14.8 Å². The Kier molecular flexibility index (Phi) is 6.11. The first-order valence-electron chi connectivity index (χ1n) is 9.18. The second-order valence-corrected chi connectivity index (χ2v) is 7.71. The lowest BCUT2D eigenvalue weighted by Crippen LogP contribution is -2.55. The lowest BCUT2D eigenvalue weighted by Gasteiger charge is -2.40. The second kappa shape index (κ2) is 8.53. The molecule has 5 nitrogen and oxygen atoms in total. The van der Waals surface area contributed by atoms with Gasteiger partial charge in [-0.1, -0.05) is 37.6 Å². The molecule has 1 atom stereocenters. The molecule has 6 heteroatoms. The minimum Gasteiger partial charge on any atom is -0.331 e. The van der Waals surface area contributed by atoms with E-state index in [1.165, 1.54) is 0 Å². The van der Waals surface area contributed by atoms with Crippen molar-refractivity contribution in [1.29, 1.82) is 0 Å². The van der Waals surface area contributed by atoms with Crippen LogP contribution in [0.2, 0.25) is 5.02 Å². The minimum atomic E-state index is -0.628. The molecule has 1 saturated heterocycles. The molecule has 1 aromatic carbocycles. The SMILES string of the molecule is CC(C)CCN1CC(=O)N(Cc2ccc(Cl)cc2)C(c2ccncc2)C1=O. The molecule has 1 aliphatic heterocycles. The van der Waals surface area contributed by atoms with Crippen LogP contribution in [0.3, 0.4) is 0 Å². The highest BCUT2D eigenvalue weighted by Gasteiger charge is 2.40. The highest BCUT2D eigenvalue weighted by molar-refractivity contribution is 6.30. The van der Waals surface area contributed by atoms with Gasteiger partial charge in [0.15, 0.2) is 0 Å². The average Bonchev–Trinajstić information content (AvgIpc) is 2.66. The van der Waals surface area contributed by atoms with Crippen molar-refractivity contribution in [3.63, 3.8) is 0 Å². The highest BCUT2D eigenvalue weighted by atomic mass is 35.5. The zero-order chi connectivity index (χ0) is 19.4. The summed E-state index contributed by atoms with van der Waals surface area (Å²) in [5, 5.41) is 0.644. The number of pyridine rings is 1. The van der Waals surface area contributed by atoms with Gasteiger partial charge in [0.1, 0.15) is 6.04 Å². The van der Waals surface area contributed by atoms with Crippen LogP contribution in [0.1, 0.15) is 37.4 Å². The van der Waals surface area contributed by atoms with Gasteiger partial charge in [0.05, 0.1) is 6.54 Å². The summed E-state index contributed by atoms with van der Waals surface area (Å²) in [5.41, 5.74) is 1.72. The lowest BCUT2D eigenvalue weighted by atomic mass is 10.00. The average molecular weight is 386 g/mol. The van der Waals surface area contributed by atoms with Gasteiger partial charge in [-0.2, -0.15) is 0 Å². The summed E-state index contributed by atoms with van der Waals surface area (Å²) in [7, 11) is 0. The fourth-order valence-corrected chi connectivity index (χ4v) is 3.35. The first kappa shape index (κ1) is 19.4. The van der Waals surface area contributed by atoms with Gasteiger partial charge >= 0.3 is 0 Å². The van der Waals surface area contributed by atoms with E-state index in [-0.39, 0.29) is 18.4 Å². The van der Waals surface area contributed by atoms with E-state index < -0.39 is 6.04 Å². The number of benzene rings is 1. The molecule has 1 unspecified atom stereocenters. The molecule has 0 spiro atoms. The number of amides is 2. The molecule has 1 aliphatic rings. The summed E-state index contributed by atoms with van der Waals surface area (Å²) in [5.74, 6) is 0.393. The van der Waals surface area contributed by atoms with E-state index >= 15 is 0 Å². The van der Waals surface area contributed by atoms with Crippen molar-refractivity contribution < 1.29 is 9.59 Å². The van der Waals surface area contributed by atoms with Gasteiger partial charge in [-0.25, -0.2) is 0 Å². The summed E-state index contributed by atoms with van der Waals surface area (Å²) in [6, 6.07) is 10.3. The fourth-order valence-electron chi connectivity index (χ4n) is 3.22. The van der Waals surface area contributed by atoms with E-state index in [0.717, 1.165) is 17.5 Å². The van der Waals surface area contributed by atoms with E-state index in [9.17, 15) is 9.59 Å². The van der Waals surface area contributed by atoms with Crippen molar-refractivity contribution in [2.75, 3.05) is 13.1 Å². The quantitative estimate of drug-likeness (QED) is 0.761. The maximum absolute atomic E-state index is 13.2. The third-order valence-corrected chi connectivity index (χ3v) is 5.02. The Morgan fingerprint density at radius 1 is 1.11 bits per heavy atom. The topological polar surface area (TPSA) is 53.5 Å². The predicted molar refractivity (Wildman–Crippen MR) is 105 cm³/mol. The number of aromatic nitrogens is 1. The van der Waals surface area contributed by atoms with E-state index in [0.29, 0.717) is 24.0 Å². The molecule has 2 heterocycles. The van der Waals surface area contributed by atoms with Crippen LogP contribution in [0.4, 0.5) is 0 Å². The van der Waals surface area contributed by atoms with Gasteiger partial charge in [0, 0.05) is 30.5 Å². The first-order chi connectivity index (χ1) is 13.0. The molecule has 2 amide bonds. The number of hydrogen-bond acceptors (Lipinski definition) is 3. The normalized spacial score (nSPS) is 17.7. The Morgan fingerprint density at radius 3 is 2.41 bits per heavy atom. The highest BCUT2D eigenvalue weighted by Crippen LogP contribution is 2.29. The van der Waals surface area contributed by atoms with E-state index in [4.69, 9.17) is 11.6 Å². The van der Waals surface area contributed by atoms with Crippen molar-refractivity contribution >= 4 is 23.4 Å². The van der Waals surface area contributed by atoms with Gasteiger partial charge in [-0.05, 0) is 47.7 Å². The standard InChI is InChI=1S/C21H24ClN3O2/c1-15(2)9-12-24-14-19(26)25(13-16-3-5-18(22)6-4-16)20(21(24)27)17-7-10-23-11-8-17/h3-8,10-11,15,20H,9,12-14H2,1-2H3. The third-order valence-electron chi connectivity index (χ3n) is 4.77. The molecule has 0 N–H and O–H groups in total. The molecule has 3 rings (SSSR count). The zero-order valence-electron chi connectivity index (χ0n) is 15.6. The summed E-state index contributed by atoms with van der Waals surface area (Å²) < 4.78 is 0. The molecule has 0 saturated carbocycles. The number of carbonyl (C=O) groups is 2. The maximum Gasteiger partial charge on any atom is 0.250 e. The Balaban J connectivity index is 1.89. The van der Waals surface area contributed by atoms with Gasteiger partial charge in [0.25, 0.3) is 5.91 Å². The molecule has 1 fully saturated rings. The molecule has 142 valence electrons. The second-order valence-electron chi connectivity index (χ2n) is 7.27. The van der Waals surface area contributed by atoms with Crippen molar-refractivity contribution in [2.45, 2.75) is 32.9 Å². The van der Waals surface area contributed by atoms with Crippen LogP contribution in [0.25, 0.3) is 0 Å². The van der Waals surface area contributed by atoms with E-state index in [1.807, 2.05) is 12.1 Å². The van der Waals surface area contributed by atoms with Crippen LogP contribution in [-0.4, -0.2) is 39.7 Å². The lowest BCUT2D eigenvalue weighted by molar-refractivity contribution is -0.157. The van der Waals surface area contributed by atoms with Crippen LogP contribution in [0.5, 0.6) is 0 Å². The van der Waals surface area contributed by atoms with Crippen molar-refractivity contribution in [2.24, 2.45) is 5.92 Å². The predicted octanol–water partition coefficient (Wildman–Crippen LogP) is 3.69. The summed E-state index contributed by atoms with van der Waals surface area (Å²) in [6.07, 6.45) is 4.18. The third kappa shape index (κ3) is 4.66. The van der Waals surface area contributed by atoms with E-state index in [1.54, 1.807) is 46.5 Å². The Bertz CT molecular complexity index is 793. The van der Waals surface area contributed by atoms with Crippen molar-refractivity contribution in [3.8, 4) is 0 Å². The number of halogens is 1. The van der Waals surface area contributed by atoms with Gasteiger partial charge in [-0.15, -0.1) is 0 Å². The number of hydrogen-bond donors (Lipinski definition) is 0. The smallest absolute Gasteiger partial charge is 0.250 e. The summed E-state index contributed by atoms with van der Waals surface area (Å²) in [6.45, 7) is 5.32. The molecule has 27 heavy (non-hydrogen) atoms. The monoisotopic (exact) mass is 385 g/mol. The van der Waals surface area contributed by atoms with Crippen LogP contribution in [0, 0.1) is 5.92 Å². The molecule has 0 aliphatic carbocycles. The molecule has 2 aromatic rings. The van der Waals surface area contributed by atoms with Gasteiger partial charge in [0.2, 0.25) is 5.91 Å². The Morgan fingerprint density at radius 2 is 1.78 bits per heavy atom. The molecule has 0 radical (unpaired) electrons. The first-order valence-corrected chi connectivity index (χ1v) is 9.56. The summed E-state index contributed by atoms with van der Waals surface area (Å²) >= 11 is 5.96. The summed E-state index contributed by atoms with van der Waals surface area (Å²) in [4.78, 5) is 33.6. The molecular weight excluding hydrogens is 362 g/mol. The Labute approximate surface area is 164 Å². The number of carbonyl (C=O) groups excluding carboxylic acids is 2. The van der Waals surface area contributed by atoms with Gasteiger partial charge in [-0.3, -0.25) is 14.6 Å². The van der Waals surface area contributed by atoms with Crippen LogP contribution < -0.4 is 0 Å². The molecular formula is C21H24ClN3O2. The number of piperazine rings is 1. The number of rotatable bonds is 6. The number of nitrogens with zero attached hydrogens (tertiary/aromatic N) is 3. The van der Waals surface area contributed by atoms with E-state index in [2.05, 4.69) is 18.8 Å². The Hall–Kier alpha value is -2.40. The van der Waals surface area contributed by atoms with Crippen LogP contribution in [-0.2, 0) is 16.1 Å². The van der Waals surface area contributed by atoms with Crippen LogP contribution in [0.15, 0.2) is 48.8 Å². The van der Waals surface area contributed by atoms with Gasteiger partial charge < -0.3 is 9.80 Å². The fraction of sp³-hybridized carbons (Fsp3) is 0.381. The molecule has 1 aromatic heterocycles. The van der Waals surface area contributed by atoms with Crippen molar-refractivity contribution in [3.05, 3.63) is 64.9 Å². The maximum atomic E-state index is 13.2.